The number of fused-ring (bicyclic) bond motifs is 4. The third kappa shape index (κ3) is 2.69. The van der Waals surface area contributed by atoms with Crippen LogP contribution in [0.5, 0.6) is 0 Å². The van der Waals surface area contributed by atoms with E-state index in [9.17, 15) is 29.1 Å². The summed E-state index contributed by atoms with van der Waals surface area (Å²) in [6.45, 7) is 11.6. The van der Waals surface area contributed by atoms with E-state index in [0.717, 1.165) is 0 Å². The van der Waals surface area contributed by atoms with E-state index in [1.165, 1.54) is 13.8 Å². The highest BCUT2D eigenvalue weighted by molar-refractivity contribution is 6.19. The fourth-order valence-corrected chi connectivity index (χ4v) is 7.88. The first-order chi connectivity index (χ1) is 15.1. The predicted molar refractivity (Wildman–Crippen MR) is 118 cm³/mol. The Kier molecular flexibility index (Phi) is 5.04. The summed E-state index contributed by atoms with van der Waals surface area (Å²) < 4.78 is 5.61. The molecule has 7 atom stereocenters. The van der Waals surface area contributed by atoms with Gasteiger partial charge in [-0.15, -0.1) is 0 Å². The molecule has 0 aromatic heterocycles. The minimum atomic E-state index is -1.42. The molecule has 7 heteroatoms. The van der Waals surface area contributed by atoms with Crippen molar-refractivity contribution >= 4 is 29.1 Å². The summed E-state index contributed by atoms with van der Waals surface area (Å²) in [6.07, 6.45) is -1.00. The van der Waals surface area contributed by atoms with Crippen molar-refractivity contribution < 1.29 is 33.8 Å². The van der Waals surface area contributed by atoms with Gasteiger partial charge < -0.3 is 9.84 Å². The number of carbonyl (C=O) groups is 5. The Labute approximate surface area is 194 Å². The van der Waals surface area contributed by atoms with Gasteiger partial charge in [0.25, 0.3) is 0 Å². The number of Topliss-reactive ketones (excluding diaryl/α,β-unsaturated/α-hetero) is 4. The van der Waals surface area contributed by atoms with Crippen LogP contribution in [0, 0.1) is 33.5 Å². The van der Waals surface area contributed by atoms with Crippen LogP contribution in [0.15, 0.2) is 11.1 Å². The van der Waals surface area contributed by atoms with Gasteiger partial charge in [-0.05, 0) is 38.0 Å². The molecule has 0 unspecified atom stereocenters. The number of aliphatic hydroxyl groups is 1. The summed E-state index contributed by atoms with van der Waals surface area (Å²) in [7, 11) is 0. The maximum absolute atomic E-state index is 14.2. The molecular formula is C26H34O7. The number of esters is 1. The highest BCUT2D eigenvalue weighted by atomic mass is 16.5. The van der Waals surface area contributed by atoms with E-state index in [4.69, 9.17) is 4.74 Å². The van der Waals surface area contributed by atoms with Crippen LogP contribution in [-0.2, 0) is 28.7 Å². The molecule has 33 heavy (non-hydrogen) atoms. The van der Waals surface area contributed by atoms with E-state index in [0.29, 0.717) is 12.8 Å². The molecule has 7 nitrogen and oxygen atoms in total. The summed E-state index contributed by atoms with van der Waals surface area (Å²) in [4.78, 5) is 66.3. The van der Waals surface area contributed by atoms with Gasteiger partial charge in [-0.2, -0.15) is 0 Å². The molecule has 0 saturated heterocycles. The summed E-state index contributed by atoms with van der Waals surface area (Å²) in [5.41, 5.74) is -3.68. The van der Waals surface area contributed by atoms with E-state index in [2.05, 4.69) is 0 Å². The molecule has 0 spiro atoms. The Morgan fingerprint density at radius 1 is 0.970 bits per heavy atom. The highest BCUT2D eigenvalue weighted by Gasteiger charge is 2.75. The lowest BCUT2D eigenvalue weighted by Crippen LogP contribution is -2.65. The third-order valence-corrected chi connectivity index (χ3v) is 10.0. The topological polar surface area (TPSA) is 115 Å². The van der Waals surface area contributed by atoms with Crippen LogP contribution < -0.4 is 0 Å². The second-order valence-electron chi connectivity index (χ2n) is 11.8. The number of ether oxygens (including phenoxy) is 1. The quantitative estimate of drug-likeness (QED) is 0.633. The van der Waals surface area contributed by atoms with Crippen LogP contribution in [0.25, 0.3) is 0 Å². The molecule has 1 N–H and O–H groups in total. The molecule has 0 aromatic rings. The predicted octanol–water partition coefficient (Wildman–Crippen LogP) is 2.76. The lowest BCUT2D eigenvalue weighted by Gasteiger charge is -2.60. The minimum absolute atomic E-state index is 0.0954. The van der Waals surface area contributed by atoms with E-state index >= 15 is 0 Å². The fraction of sp³-hybridized carbons (Fsp3) is 0.731. The Morgan fingerprint density at radius 2 is 1.58 bits per heavy atom. The molecule has 4 aliphatic carbocycles. The van der Waals surface area contributed by atoms with Crippen molar-refractivity contribution in [3.05, 3.63) is 11.1 Å². The average molecular weight is 459 g/mol. The van der Waals surface area contributed by atoms with Gasteiger partial charge >= 0.3 is 5.97 Å². The average Bonchev–Trinajstić information content (AvgIpc) is 2.92. The third-order valence-electron chi connectivity index (χ3n) is 10.0. The van der Waals surface area contributed by atoms with Crippen molar-refractivity contribution in [1.29, 1.82) is 0 Å². The van der Waals surface area contributed by atoms with Crippen molar-refractivity contribution in [2.45, 2.75) is 86.4 Å². The number of hydrogen-bond donors (Lipinski definition) is 1. The molecule has 180 valence electrons. The molecule has 4 rings (SSSR count). The molecule has 0 radical (unpaired) electrons. The number of hydrogen-bond acceptors (Lipinski definition) is 7. The van der Waals surface area contributed by atoms with Crippen LogP contribution in [0.4, 0.5) is 0 Å². The van der Waals surface area contributed by atoms with Crippen LogP contribution in [0.1, 0.15) is 74.1 Å². The minimum Gasteiger partial charge on any atom is -0.453 e. The maximum Gasteiger partial charge on any atom is 0.303 e. The number of ketones is 4. The molecule has 0 amide bonds. The molecule has 0 aromatic carbocycles. The van der Waals surface area contributed by atoms with Gasteiger partial charge in [-0.3, -0.25) is 24.0 Å². The molecule has 0 heterocycles. The summed E-state index contributed by atoms with van der Waals surface area (Å²) in [6, 6.07) is 0. The lowest BCUT2D eigenvalue weighted by atomic mass is 9.42. The van der Waals surface area contributed by atoms with Gasteiger partial charge in [0.05, 0.1) is 11.5 Å². The van der Waals surface area contributed by atoms with Gasteiger partial charge in [0.15, 0.2) is 11.9 Å². The number of aliphatic hydroxyl groups excluding tert-OH is 1. The standard InChI is InChI=1S/C26H34O7/c1-12(27)14-10-18(31)26(7)19-15(29)11-16-23(3,4)17(30)8-9-24(16,5)20(19)21(32)22(25(14,26)6)33-13(2)28/h14,16-17,22,30H,8-11H2,1-7H3/t14-,16+,17+,22-,24+,25+,26+/m1/s1. The van der Waals surface area contributed by atoms with Crippen LogP contribution in [-0.4, -0.2) is 46.4 Å². The maximum atomic E-state index is 14.2. The van der Waals surface area contributed by atoms with Gasteiger partial charge in [-0.25, -0.2) is 0 Å². The SMILES string of the molecule is CC(=O)O[C@@H]1C(=O)C2=C(C(=O)C[C@H]3C(C)(C)[C@@H](O)CC[C@]23C)[C@]2(C)C(=O)C[C@H](C(C)=O)[C@@]12C. The van der Waals surface area contributed by atoms with E-state index < -0.39 is 51.5 Å². The largest absolute Gasteiger partial charge is 0.453 e. The smallest absolute Gasteiger partial charge is 0.303 e. The highest BCUT2D eigenvalue weighted by Crippen LogP contribution is 2.69. The summed E-state index contributed by atoms with van der Waals surface area (Å²) >= 11 is 0. The van der Waals surface area contributed by atoms with E-state index in [1.54, 1.807) is 13.8 Å². The Bertz CT molecular complexity index is 1040. The summed E-state index contributed by atoms with van der Waals surface area (Å²) in [5, 5.41) is 10.7. The van der Waals surface area contributed by atoms with Crippen LogP contribution in [0.3, 0.4) is 0 Å². The zero-order valence-electron chi connectivity index (χ0n) is 20.5. The first kappa shape index (κ1) is 24.0. The first-order valence-electron chi connectivity index (χ1n) is 11.8. The normalized spacial score (nSPS) is 44.2. The second kappa shape index (κ2) is 6.94. The van der Waals surface area contributed by atoms with Gasteiger partial charge in [-0.1, -0.05) is 27.7 Å². The Morgan fingerprint density at radius 3 is 2.12 bits per heavy atom. The summed E-state index contributed by atoms with van der Waals surface area (Å²) in [5.74, 6) is -3.11. The number of rotatable bonds is 2. The van der Waals surface area contributed by atoms with Crippen molar-refractivity contribution in [2.24, 2.45) is 33.5 Å². The van der Waals surface area contributed by atoms with Crippen LogP contribution in [0.2, 0.25) is 0 Å². The fourth-order valence-electron chi connectivity index (χ4n) is 7.88. The van der Waals surface area contributed by atoms with Gasteiger partial charge in [0.2, 0.25) is 5.78 Å². The number of allylic oxidation sites excluding steroid dienone is 1. The van der Waals surface area contributed by atoms with Crippen molar-refractivity contribution in [2.75, 3.05) is 0 Å². The van der Waals surface area contributed by atoms with Crippen molar-refractivity contribution in [1.82, 2.24) is 0 Å². The van der Waals surface area contributed by atoms with Crippen LogP contribution >= 0.6 is 0 Å². The van der Waals surface area contributed by atoms with E-state index in [1.807, 2.05) is 20.8 Å². The first-order valence-corrected chi connectivity index (χ1v) is 11.8. The second-order valence-corrected chi connectivity index (χ2v) is 11.8. The zero-order chi connectivity index (χ0) is 24.9. The Hall–Kier alpha value is -2.15. The van der Waals surface area contributed by atoms with Crippen molar-refractivity contribution in [3.63, 3.8) is 0 Å². The molecule has 0 aliphatic heterocycles. The monoisotopic (exact) mass is 458 g/mol. The van der Waals surface area contributed by atoms with E-state index in [-0.39, 0.29) is 47.3 Å². The van der Waals surface area contributed by atoms with Gasteiger partial charge in [0.1, 0.15) is 11.6 Å². The van der Waals surface area contributed by atoms with Gasteiger partial charge in [0, 0.05) is 47.7 Å². The molecule has 2 saturated carbocycles. The molecule has 4 aliphatic rings. The number of carbonyl (C=O) groups excluding carboxylic acids is 5. The zero-order valence-corrected chi connectivity index (χ0v) is 20.5. The molecule has 2 fully saturated rings. The molecule has 0 bridgehead atoms. The van der Waals surface area contributed by atoms with Crippen molar-refractivity contribution in [3.8, 4) is 0 Å². The Balaban J connectivity index is 2.06. The molecular weight excluding hydrogens is 424 g/mol. The lowest BCUT2D eigenvalue weighted by molar-refractivity contribution is -0.175.